The first-order chi connectivity index (χ1) is 11.6. The minimum Gasteiger partial charge on any atom is -0.480 e. The van der Waals surface area contributed by atoms with E-state index in [1.54, 1.807) is 18.5 Å². The number of rotatable bonds is 4. The molecule has 2 aromatic rings. The van der Waals surface area contributed by atoms with Crippen LogP contribution in [0.1, 0.15) is 36.4 Å². The molecule has 1 fully saturated rings. The van der Waals surface area contributed by atoms with Gasteiger partial charge >= 0.3 is 5.97 Å². The number of halogens is 2. The number of piperidine rings is 1. The van der Waals surface area contributed by atoms with Gasteiger partial charge in [0.2, 0.25) is 0 Å². The number of carboxylic acid groups (broad SMARTS) is 1. The molecular weight excluding hydrogens is 347 g/mol. The predicted octanol–water partition coefficient (Wildman–Crippen LogP) is 4.42. The number of hydrogen-bond donors (Lipinski definition) is 1. The second-order valence-electron chi connectivity index (χ2n) is 5.95. The molecule has 0 radical (unpaired) electrons. The molecule has 2 unspecified atom stereocenters. The number of pyridine rings is 1. The van der Waals surface area contributed by atoms with Crippen molar-refractivity contribution in [2.75, 3.05) is 6.54 Å². The van der Waals surface area contributed by atoms with Crippen LogP contribution in [-0.2, 0) is 4.79 Å². The minimum atomic E-state index is -0.788. The van der Waals surface area contributed by atoms with Crippen LogP contribution >= 0.6 is 23.2 Å². The van der Waals surface area contributed by atoms with Gasteiger partial charge in [0.25, 0.3) is 0 Å². The Kier molecular flexibility index (Phi) is 5.39. The van der Waals surface area contributed by atoms with Gasteiger partial charge in [-0.25, -0.2) is 0 Å². The first kappa shape index (κ1) is 17.2. The Morgan fingerprint density at radius 3 is 2.71 bits per heavy atom. The summed E-state index contributed by atoms with van der Waals surface area (Å²) in [5.74, 6) is -0.788. The number of nitrogens with zero attached hydrogens (tertiary/aromatic N) is 2. The van der Waals surface area contributed by atoms with Crippen molar-refractivity contribution in [3.63, 3.8) is 0 Å². The van der Waals surface area contributed by atoms with Crippen LogP contribution in [0.4, 0.5) is 0 Å². The summed E-state index contributed by atoms with van der Waals surface area (Å²) < 4.78 is 0. The quantitative estimate of drug-likeness (QED) is 0.872. The van der Waals surface area contributed by atoms with Crippen molar-refractivity contribution in [1.82, 2.24) is 9.88 Å². The lowest BCUT2D eigenvalue weighted by molar-refractivity contribution is -0.145. The molecule has 1 aromatic heterocycles. The monoisotopic (exact) mass is 364 g/mol. The summed E-state index contributed by atoms with van der Waals surface area (Å²) in [6.45, 7) is 0.719. The highest BCUT2D eigenvalue weighted by molar-refractivity contribution is 6.42. The molecule has 1 N–H and O–H groups in total. The minimum absolute atomic E-state index is 0.213. The van der Waals surface area contributed by atoms with Crippen LogP contribution in [0.5, 0.6) is 0 Å². The summed E-state index contributed by atoms with van der Waals surface area (Å²) in [4.78, 5) is 18.0. The molecule has 1 saturated heterocycles. The SMILES string of the molecule is O=C(O)C1CCCCN1C(c1cccnc1)c1ccc(Cl)c(Cl)c1. The second-order valence-corrected chi connectivity index (χ2v) is 6.76. The maximum Gasteiger partial charge on any atom is 0.320 e. The number of carbonyl (C=O) groups is 1. The van der Waals surface area contributed by atoms with Gasteiger partial charge in [-0.15, -0.1) is 0 Å². The van der Waals surface area contributed by atoms with E-state index in [-0.39, 0.29) is 6.04 Å². The number of benzene rings is 1. The summed E-state index contributed by atoms with van der Waals surface area (Å²) in [6, 6.07) is 8.57. The summed E-state index contributed by atoms with van der Waals surface area (Å²) in [5.41, 5.74) is 1.87. The predicted molar refractivity (Wildman–Crippen MR) is 94.5 cm³/mol. The van der Waals surface area contributed by atoms with Gasteiger partial charge in [0.15, 0.2) is 0 Å². The van der Waals surface area contributed by atoms with Gasteiger partial charge in [0, 0.05) is 12.4 Å². The van der Waals surface area contributed by atoms with Gasteiger partial charge in [-0.05, 0) is 48.7 Å². The normalized spacial score (nSPS) is 19.8. The third-order valence-electron chi connectivity index (χ3n) is 4.42. The van der Waals surface area contributed by atoms with E-state index in [1.165, 1.54) is 0 Å². The summed E-state index contributed by atoms with van der Waals surface area (Å²) >= 11 is 12.2. The zero-order valence-electron chi connectivity index (χ0n) is 13.0. The zero-order chi connectivity index (χ0) is 17.1. The van der Waals surface area contributed by atoms with Crippen molar-refractivity contribution in [3.05, 3.63) is 63.9 Å². The highest BCUT2D eigenvalue weighted by Crippen LogP contribution is 2.36. The van der Waals surface area contributed by atoms with Crippen LogP contribution in [0.15, 0.2) is 42.7 Å². The van der Waals surface area contributed by atoms with E-state index in [0.717, 1.165) is 30.5 Å². The van der Waals surface area contributed by atoms with E-state index < -0.39 is 12.0 Å². The van der Waals surface area contributed by atoms with E-state index in [0.29, 0.717) is 16.5 Å². The molecule has 6 heteroatoms. The smallest absolute Gasteiger partial charge is 0.320 e. The Balaban J connectivity index is 2.07. The Bertz CT molecular complexity index is 724. The molecule has 126 valence electrons. The molecule has 0 aliphatic carbocycles. The molecule has 2 heterocycles. The Morgan fingerprint density at radius 1 is 1.21 bits per heavy atom. The fourth-order valence-electron chi connectivity index (χ4n) is 3.32. The molecule has 0 spiro atoms. The van der Waals surface area contributed by atoms with Crippen LogP contribution in [0.2, 0.25) is 10.0 Å². The number of likely N-dealkylation sites (tertiary alicyclic amines) is 1. The second kappa shape index (κ2) is 7.51. The molecule has 1 aliphatic heterocycles. The maximum absolute atomic E-state index is 11.7. The third kappa shape index (κ3) is 3.56. The van der Waals surface area contributed by atoms with Gasteiger partial charge < -0.3 is 5.11 Å². The fraction of sp³-hybridized carbons (Fsp3) is 0.333. The third-order valence-corrected chi connectivity index (χ3v) is 5.16. The van der Waals surface area contributed by atoms with E-state index in [4.69, 9.17) is 23.2 Å². The van der Waals surface area contributed by atoms with E-state index in [1.807, 2.05) is 29.2 Å². The number of aliphatic carboxylic acids is 1. The zero-order valence-corrected chi connectivity index (χ0v) is 14.5. The van der Waals surface area contributed by atoms with Crippen molar-refractivity contribution in [1.29, 1.82) is 0 Å². The van der Waals surface area contributed by atoms with Gasteiger partial charge in [-0.1, -0.05) is 41.8 Å². The lowest BCUT2D eigenvalue weighted by Gasteiger charge is -2.39. The molecule has 0 bridgehead atoms. The first-order valence-corrected chi connectivity index (χ1v) is 8.67. The van der Waals surface area contributed by atoms with Crippen LogP contribution < -0.4 is 0 Å². The maximum atomic E-state index is 11.7. The van der Waals surface area contributed by atoms with Crippen LogP contribution in [0.3, 0.4) is 0 Å². The molecule has 1 aliphatic rings. The standard InChI is InChI=1S/C18H18Cl2N2O2/c19-14-7-6-12(10-15(14)20)17(13-4-3-8-21-11-13)22-9-2-1-5-16(22)18(23)24/h3-4,6-8,10-11,16-17H,1-2,5,9H2,(H,23,24). The van der Waals surface area contributed by atoms with Gasteiger partial charge in [0.05, 0.1) is 16.1 Å². The average Bonchev–Trinajstić information content (AvgIpc) is 2.59. The Hall–Kier alpha value is -1.62. The van der Waals surface area contributed by atoms with Gasteiger partial charge in [-0.3, -0.25) is 14.7 Å². The first-order valence-electron chi connectivity index (χ1n) is 7.91. The molecule has 0 amide bonds. The summed E-state index contributed by atoms with van der Waals surface area (Å²) in [6.07, 6.45) is 6.03. The van der Waals surface area contributed by atoms with Gasteiger partial charge in [0.1, 0.15) is 6.04 Å². The summed E-state index contributed by atoms with van der Waals surface area (Å²) in [7, 11) is 0. The molecule has 2 atom stereocenters. The molecule has 1 aromatic carbocycles. The van der Waals surface area contributed by atoms with Crippen LogP contribution in [0, 0.1) is 0 Å². The van der Waals surface area contributed by atoms with Crippen LogP contribution in [-0.4, -0.2) is 33.5 Å². The van der Waals surface area contributed by atoms with Gasteiger partial charge in [-0.2, -0.15) is 0 Å². The highest BCUT2D eigenvalue weighted by atomic mass is 35.5. The summed E-state index contributed by atoms with van der Waals surface area (Å²) in [5, 5.41) is 10.6. The lowest BCUT2D eigenvalue weighted by atomic mass is 9.92. The lowest BCUT2D eigenvalue weighted by Crippen LogP contribution is -2.46. The number of aromatic nitrogens is 1. The molecular formula is C18H18Cl2N2O2. The molecule has 24 heavy (non-hydrogen) atoms. The van der Waals surface area contributed by atoms with Crippen molar-refractivity contribution in [2.45, 2.75) is 31.3 Å². The Labute approximate surface area is 151 Å². The molecule has 0 saturated carbocycles. The van der Waals surface area contributed by atoms with E-state index in [2.05, 4.69) is 4.98 Å². The average molecular weight is 365 g/mol. The van der Waals surface area contributed by atoms with Crippen molar-refractivity contribution < 1.29 is 9.90 Å². The van der Waals surface area contributed by atoms with E-state index in [9.17, 15) is 9.90 Å². The van der Waals surface area contributed by atoms with Crippen molar-refractivity contribution in [3.8, 4) is 0 Å². The number of carboxylic acids is 1. The largest absolute Gasteiger partial charge is 0.480 e. The fourth-order valence-corrected chi connectivity index (χ4v) is 3.63. The van der Waals surface area contributed by atoms with E-state index >= 15 is 0 Å². The number of hydrogen-bond acceptors (Lipinski definition) is 3. The van der Waals surface area contributed by atoms with Crippen molar-refractivity contribution >= 4 is 29.2 Å². The van der Waals surface area contributed by atoms with Crippen LogP contribution in [0.25, 0.3) is 0 Å². The molecule has 3 rings (SSSR count). The molecule has 4 nitrogen and oxygen atoms in total. The topological polar surface area (TPSA) is 53.4 Å². The van der Waals surface area contributed by atoms with Crippen molar-refractivity contribution in [2.24, 2.45) is 0 Å². The highest BCUT2D eigenvalue weighted by Gasteiger charge is 2.35. The Morgan fingerprint density at radius 2 is 2.04 bits per heavy atom.